The zero-order valence-corrected chi connectivity index (χ0v) is 18.3. The Hall–Kier alpha value is -3.31. The quantitative estimate of drug-likeness (QED) is 0.426. The summed E-state index contributed by atoms with van der Waals surface area (Å²) < 4.78 is 5.63. The van der Waals surface area contributed by atoms with E-state index in [0.29, 0.717) is 12.3 Å². The maximum absolute atomic E-state index is 12.3. The number of anilines is 1. The monoisotopic (exact) mass is 427 g/mol. The summed E-state index contributed by atoms with van der Waals surface area (Å²) in [6.45, 7) is 6.01. The van der Waals surface area contributed by atoms with Gasteiger partial charge in [-0.05, 0) is 43.0 Å². The predicted molar refractivity (Wildman–Crippen MR) is 130 cm³/mol. The summed E-state index contributed by atoms with van der Waals surface area (Å²) in [5, 5.41) is 6.58. The van der Waals surface area contributed by atoms with Crippen LogP contribution in [-0.2, 0) is 0 Å². The van der Waals surface area contributed by atoms with Gasteiger partial charge in [0.25, 0.3) is 5.91 Å². The Kier molecular flexibility index (Phi) is 6.08. The molecule has 1 N–H and O–H groups in total. The lowest BCUT2D eigenvalue weighted by Gasteiger charge is -2.36. The smallest absolute Gasteiger partial charge is 0.287 e. The first-order valence-electron chi connectivity index (χ1n) is 11.5. The number of carbonyl (C=O) groups excluding carboxylic acids is 1. The van der Waals surface area contributed by atoms with E-state index in [1.54, 1.807) is 6.07 Å². The summed E-state index contributed by atoms with van der Waals surface area (Å²) >= 11 is 0. The van der Waals surface area contributed by atoms with Crippen molar-refractivity contribution in [2.24, 2.45) is 0 Å². The standard InChI is InChI=1S/C27H29N3O2/c31-27(26-20-22-9-2-4-13-25(22)32-26)28-14-5-6-15-29-16-18-30(19-17-29)24-12-7-10-21-8-1-3-11-23(21)24/h1-4,7-13,20H,5-6,14-19H2,(H,28,31). The Labute approximate surface area is 188 Å². The van der Waals surface area contributed by atoms with Gasteiger partial charge in [0.2, 0.25) is 0 Å². The fourth-order valence-corrected chi connectivity index (χ4v) is 4.54. The van der Waals surface area contributed by atoms with Gasteiger partial charge in [0.15, 0.2) is 5.76 Å². The lowest BCUT2D eigenvalue weighted by Crippen LogP contribution is -2.46. The number of nitrogens with one attached hydrogen (secondary N) is 1. The largest absolute Gasteiger partial charge is 0.451 e. The molecule has 1 aromatic heterocycles. The van der Waals surface area contributed by atoms with E-state index in [1.165, 1.54) is 16.5 Å². The maximum atomic E-state index is 12.3. The zero-order chi connectivity index (χ0) is 21.8. The third-order valence-corrected chi connectivity index (χ3v) is 6.32. The van der Waals surface area contributed by atoms with E-state index in [0.717, 1.165) is 56.5 Å². The molecule has 0 unspecified atom stereocenters. The maximum Gasteiger partial charge on any atom is 0.287 e. The first kappa shape index (κ1) is 20.6. The van der Waals surface area contributed by atoms with Crippen molar-refractivity contribution in [2.75, 3.05) is 44.2 Å². The molecule has 1 saturated heterocycles. The third-order valence-electron chi connectivity index (χ3n) is 6.32. The number of piperazine rings is 1. The predicted octanol–water partition coefficient (Wildman–Crippen LogP) is 4.92. The summed E-state index contributed by atoms with van der Waals surface area (Å²) in [6.07, 6.45) is 2.05. The number of rotatable bonds is 7. The number of unbranched alkanes of at least 4 members (excludes halogenated alkanes) is 1. The summed E-state index contributed by atoms with van der Waals surface area (Å²) in [4.78, 5) is 17.4. The van der Waals surface area contributed by atoms with Gasteiger partial charge < -0.3 is 14.6 Å². The first-order valence-corrected chi connectivity index (χ1v) is 11.5. The molecule has 1 fully saturated rings. The van der Waals surface area contributed by atoms with Crippen molar-refractivity contribution >= 4 is 33.3 Å². The van der Waals surface area contributed by atoms with Crippen LogP contribution in [0.3, 0.4) is 0 Å². The van der Waals surface area contributed by atoms with Crippen molar-refractivity contribution in [1.29, 1.82) is 0 Å². The topological polar surface area (TPSA) is 48.7 Å². The molecule has 0 radical (unpaired) electrons. The lowest BCUT2D eigenvalue weighted by molar-refractivity contribution is 0.0927. The van der Waals surface area contributed by atoms with E-state index in [-0.39, 0.29) is 5.91 Å². The molecular weight excluding hydrogens is 398 g/mol. The minimum Gasteiger partial charge on any atom is -0.451 e. The minimum absolute atomic E-state index is 0.134. The molecule has 3 aromatic carbocycles. The molecule has 1 aliphatic rings. The van der Waals surface area contributed by atoms with Crippen LogP contribution in [0.4, 0.5) is 5.69 Å². The summed E-state index contributed by atoms with van der Waals surface area (Å²) in [6, 6.07) is 24.7. The van der Waals surface area contributed by atoms with E-state index in [1.807, 2.05) is 24.3 Å². The molecular formula is C27H29N3O2. The molecule has 1 amide bonds. The van der Waals surface area contributed by atoms with Crippen LogP contribution in [0.5, 0.6) is 0 Å². The molecule has 1 aliphatic heterocycles. The molecule has 0 saturated carbocycles. The molecule has 0 aliphatic carbocycles. The second kappa shape index (κ2) is 9.45. The molecule has 0 bridgehead atoms. The van der Waals surface area contributed by atoms with Crippen LogP contribution < -0.4 is 10.2 Å². The number of para-hydroxylation sites is 1. The molecule has 0 spiro atoms. The van der Waals surface area contributed by atoms with Crippen LogP contribution in [-0.4, -0.2) is 50.1 Å². The van der Waals surface area contributed by atoms with E-state index < -0.39 is 0 Å². The molecule has 0 atom stereocenters. The second-order valence-electron chi connectivity index (χ2n) is 8.44. The van der Waals surface area contributed by atoms with Crippen LogP contribution in [0.25, 0.3) is 21.7 Å². The van der Waals surface area contributed by atoms with Crippen molar-refractivity contribution in [3.8, 4) is 0 Å². The van der Waals surface area contributed by atoms with Crippen molar-refractivity contribution in [3.05, 3.63) is 78.6 Å². The van der Waals surface area contributed by atoms with Crippen molar-refractivity contribution in [3.63, 3.8) is 0 Å². The van der Waals surface area contributed by atoms with Crippen molar-refractivity contribution in [1.82, 2.24) is 10.2 Å². The van der Waals surface area contributed by atoms with Gasteiger partial charge in [0.1, 0.15) is 5.58 Å². The Balaban J connectivity index is 1.04. The van der Waals surface area contributed by atoms with Crippen LogP contribution >= 0.6 is 0 Å². The zero-order valence-electron chi connectivity index (χ0n) is 18.3. The lowest BCUT2D eigenvalue weighted by atomic mass is 10.1. The van der Waals surface area contributed by atoms with Crippen molar-refractivity contribution < 1.29 is 9.21 Å². The molecule has 164 valence electrons. The average Bonchev–Trinajstić information content (AvgIpc) is 3.28. The minimum atomic E-state index is -0.134. The molecule has 2 heterocycles. The number of fused-ring (bicyclic) bond motifs is 2. The fourth-order valence-electron chi connectivity index (χ4n) is 4.54. The van der Waals surface area contributed by atoms with Gasteiger partial charge in [0, 0.05) is 49.2 Å². The number of hydrogen-bond donors (Lipinski definition) is 1. The summed E-state index contributed by atoms with van der Waals surface area (Å²) in [5.74, 6) is 0.251. The van der Waals surface area contributed by atoms with E-state index in [2.05, 4.69) is 57.6 Å². The highest BCUT2D eigenvalue weighted by Crippen LogP contribution is 2.27. The Bertz CT molecular complexity index is 1170. The molecule has 5 nitrogen and oxygen atoms in total. The normalized spacial score (nSPS) is 14.8. The molecule has 4 aromatic rings. The van der Waals surface area contributed by atoms with Crippen LogP contribution in [0.15, 0.2) is 77.2 Å². The van der Waals surface area contributed by atoms with E-state index >= 15 is 0 Å². The third kappa shape index (κ3) is 4.48. The summed E-state index contributed by atoms with van der Waals surface area (Å²) in [7, 11) is 0. The van der Waals surface area contributed by atoms with E-state index in [9.17, 15) is 4.79 Å². The van der Waals surface area contributed by atoms with Crippen LogP contribution in [0.2, 0.25) is 0 Å². The second-order valence-corrected chi connectivity index (χ2v) is 8.44. The van der Waals surface area contributed by atoms with Crippen LogP contribution in [0, 0.1) is 0 Å². The number of furan rings is 1. The highest BCUT2D eigenvalue weighted by atomic mass is 16.3. The molecule has 5 rings (SSSR count). The highest BCUT2D eigenvalue weighted by molar-refractivity contribution is 5.96. The van der Waals surface area contributed by atoms with Gasteiger partial charge >= 0.3 is 0 Å². The molecule has 32 heavy (non-hydrogen) atoms. The van der Waals surface area contributed by atoms with Gasteiger partial charge in [-0.3, -0.25) is 9.69 Å². The van der Waals surface area contributed by atoms with Crippen LogP contribution in [0.1, 0.15) is 23.4 Å². The van der Waals surface area contributed by atoms with Crippen molar-refractivity contribution in [2.45, 2.75) is 12.8 Å². The number of hydrogen-bond acceptors (Lipinski definition) is 4. The molecule has 5 heteroatoms. The van der Waals surface area contributed by atoms with Gasteiger partial charge in [-0.15, -0.1) is 0 Å². The Morgan fingerprint density at radius 2 is 1.59 bits per heavy atom. The number of benzene rings is 3. The number of amides is 1. The van der Waals surface area contributed by atoms with Gasteiger partial charge in [-0.2, -0.15) is 0 Å². The highest BCUT2D eigenvalue weighted by Gasteiger charge is 2.18. The van der Waals surface area contributed by atoms with Gasteiger partial charge in [-0.25, -0.2) is 0 Å². The van der Waals surface area contributed by atoms with Gasteiger partial charge in [-0.1, -0.05) is 54.6 Å². The average molecular weight is 428 g/mol. The number of carbonyl (C=O) groups is 1. The SMILES string of the molecule is O=C(NCCCCN1CCN(c2cccc3ccccc23)CC1)c1cc2ccccc2o1. The Morgan fingerprint density at radius 1 is 0.844 bits per heavy atom. The van der Waals surface area contributed by atoms with Gasteiger partial charge in [0.05, 0.1) is 0 Å². The Morgan fingerprint density at radius 3 is 2.44 bits per heavy atom. The number of nitrogens with zero attached hydrogens (tertiary/aromatic N) is 2. The van der Waals surface area contributed by atoms with E-state index in [4.69, 9.17) is 4.42 Å². The summed E-state index contributed by atoms with van der Waals surface area (Å²) in [5.41, 5.74) is 2.09. The first-order chi connectivity index (χ1) is 15.8. The fraction of sp³-hybridized carbons (Fsp3) is 0.296.